The molecule has 0 saturated carbocycles. The molecule has 11 N–H and O–H groups in total. The average Bonchev–Trinajstić information content (AvgIpc) is 0.761. The van der Waals surface area contributed by atoms with E-state index >= 15 is 24.0 Å². The number of hydrogen-bond acceptors (Lipinski definition) is 33. The Kier molecular flexibility index (Phi) is 43.9. The Morgan fingerprint density at radius 2 is 0.667 bits per heavy atom. The molecule has 0 bridgehead atoms. The van der Waals surface area contributed by atoms with Crippen molar-refractivity contribution in [3.05, 3.63) is 0 Å². The maximum Gasteiger partial charge on any atom is 0.408 e. The zero-order chi connectivity index (χ0) is 99.8. The molecule has 2 aliphatic rings. The molecular weight excluding hydrogens is 1700 g/mol. The van der Waals surface area contributed by atoms with E-state index in [9.17, 15) is 62.6 Å². The summed E-state index contributed by atoms with van der Waals surface area (Å²) in [6.45, 7) is 46.7. The fourth-order valence-electron chi connectivity index (χ4n) is 13.3. The number of hydrogen-bond donors (Lipinski definition) is 11. The molecule has 23 atom stereocenters. The smallest absolute Gasteiger partial charge is 0.408 e. The van der Waals surface area contributed by atoms with Gasteiger partial charge in [-0.1, -0.05) is 0 Å². The van der Waals surface area contributed by atoms with Crippen LogP contribution in [0, 0.1) is 0 Å². The van der Waals surface area contributed by atoms with E-state index in [1.807, 2.05) is 0 Å². The molecule has 10 amide bonds. The highest BCUT2D eigenvalue weighted by molar-refractivity contribution is 5.99. The monoisotopic (exact) mass is 1850 g/mol. The summed E-state index contributed by atoms with van der Waals surface area (Å²) in [7, 11) is 0. The number of nitrogens with one attached hydrogen (secondary N) is 10. The summed E-state index contributed by atoms with van der Waals surface area (Å²) in [6.07, 6.45) is -26.7. The summed E-state index contributed by atoms with van der Waals surface area (Å²) in [5.74, 6) is -18.4. The van der Waals surface area contributed by atoms with Crippen LogP contribution in [0.4, 0.5) is 4.79 Å². The Balaban J connectivity index is 3.32. The maximum absolute atomic E-state index is 15.9. The molecule has 0 aromatic heterocycles. The summed E-state index contributed by atoms with van der Waals surface area (Å²) in [5, 5.41) is 35.9. The molecule has 2 rings (SSSR count). The Morgan fingerprint density at radius 1 is 0.341 bits per heavy atom. The first-order valence-electron chi connectivity index (χ1n) is 42.4. The minimum atomic E-state index is -2.34. The first-order chi connectivity index (χ1) is 58.6. The molecule has 2 fully saturated rings. The average molecular weight is 1850 g/mol. The van der Waals surface area contributed by atoms with Gasteiger partial charge < -0.3 is 134 Å². The van der Waals surface area contributed by atoms with Crippen LogP contribution >= 0.6 is 0 Å². The van der Waals surface area contributed by atoms with Gasteiger partial charge in [-0.15, -0.1) is 0 Å². The van der Waals surface area contributed by atoms with Gasteiger partial charge >= 0.3 is 47.9 Å². The van der Waals surface area contributed by atoms with E-state index < -0.39 is 307 Å². The number of alkyl carbamates (subject to hydrolysis) is 1. The van der Waals surface area contributed by atoms with E-state index in [0.717, 1.165) is 48.5 Å². The van der Waals surface area contributed by atoms with Crippen molar-refractivity contribution in [2.24, 2.45) is 0 Å². The Morgan fingerprint density at radius 3 is 1.02 bits per heavy atom. The second-order valence-electron chi connectivity index (χ2n) is 38.5. The largest absolute Gasteiger partial charge is 0.480 e. The third kappa shape index (κ3) is 43.4. The number of carbonyl (C=O) groups is 17. The Labute approximate surface area is 754 Å². The van der Waals surface area contributed by atoms with Gasteiger partial charge in [-0.3, -0.25) is 71.9 Å². The van der Waals surface area contributed by atoms with Gasteiger partial charge in [-0.25, -0.2) is 9.59 Å². The van der Waals surface area contributed by atoms with Crippen LogP contribution in [0.2, 0.25) is 0 Å². The fraction of sp³-hybridized carbons (Fsp3) is 0.800. The molecule has 0 spiro atoms. The number of rotatable bonds is 42. The van der Waals surface area contributed by atoms with E-state index in [-0.39, 0.29) is 0 Å². The highest BCUT2D eigenvalue weighted by atomic mass is 16.8. The van der Waals surface area contributed by atoms with Crippen molar-refractivity contribution in [3.63, 3.8) is 0 Å². The molecule has 44 nitrogen and oxygen atoms in total. The molecule has 44 heteroatoms. The second kappa shape index (κ2) is 49.1. The van der Waals surface area contributed by atoms with Crippen LogP contribution in [0.25, 0.3) is 0 Å². The van der Waals surface area contributed by atoms with E-state index in [1.54, 1.807) is 145 Å². The zero-order valence-electron chi connectivity index (χ0n) is 81.0. The van der Waals surface area contributed by atoms with E-state index in [4.69, 9.17) is 75.8 Å². The molecular formula is C85H144N10O34. The number of aliphatic carboxylic acids is 1. The molecule has 0 aliphatic carbocycles. The standard InChI is InChI=1S/C85H144N10O34/c1-39(86-78(113)129-85(32,33)34)68(104)89-53(36-116-79(14,15)16)70(106)92-58(41(3)125-81(20,21)22)72(108)94-60(43(5)127-83(26,27)28)73(109)93-57(40(2)124-80(17,18)19)71(107)88-52(69(105)91-59(42(4)126-82(23,24)25)74(110)95-61(76(111)112)44(6)128-84(29,30)31)35-56(103)90-75-62(87-45(7)96)65(63(117-48(10)99)54(121-75)37-114-46(8)97)123-77-67(120-51(13)102)66(119-50(12)101)64(118-49(11)100)55(122-77)38-115-47(9)98/h39-44,52-55,57-67,75,77H,35-38H2,1-34H3,(H,86,113)(H,87,96)(H,88,107)(H,89,104)(H,90,103)(H,91,105)(H,92,106)(H,93,109)(H,94,108)(H,95,110)(H,111,112)/t39-,40+,41+,42+,43+,44+,52-,53-,54+,55+,57-,58-,59-,60-,61-,62+,63+,64-,65+,66-,67+,75+,77-/m0/s1. The van der Waals surface area contributed by atoms with Gasteiger partial charge in [-0.2, -0.15) is 0 Å². The molecule has 2 heterocycles. The molecule has 738 valence electrons. The predicted molar refractivity (Wildman–Crippen MR) is 455 cm³/mol. The van der Waals surface area contributed by atoms with Crippen LogP contribution in [0.5, 0.6) is 0 Å². The number of carbonyl (C=O) groups excluding carboxylic acids is 16. The van der Waals surface area contributed by atoms with Crippen LogP contribution in [-0.2, 0) is 153 Å². The molecule has 0 aromatic rings. The Hall–Kier alpha value is -9.57. The van der Waals surface area contributed by atoms with Crippen molar-refractivity contribution in [3.8, 4) is 0 Å². The molecule has 2 saturated heterocycles. The van der Waals surface area contributed by atoms with Crippen molar-refractivity contribution in [2.45, 2.75) is 421 Å². The summed E-state index contributed by atoms with van der Waals surface area (Å²) in [6, 6.07) is -16.8. The minimum absolute atomic E-state index is 0.507. The molecule has 129 heavy (non-hydrogen) atoms. The SMILES string of the molecule is CC(=O)N[C@@H]1[C@@H](O[C@@H]2O[C@H](COC(C)=O)[C@H](OC(C)=O)[C@H](OC(C)=O)[C@H]2OC(C)=O)[C@H](OC(C)=O)[C@@H](COC(C)=O)O[C@H]1NC(=O)C[C@H](NC(=O)[C@@H](NC(=O)[C@@H](NC(=O)[C@@H](NC(=O)[C@H](COC(C)(C)C)NC(=O)[C@H](C)NC(=O)OC(C)(C)C)[C@@H](C)OC(C)(C)C)[C@@H](C)OC(C)(C)C)[C@@H](C)OC(C)(C)C)C(=O)N[C@H](C(=O)N[C@H](C(=O)O)[C@@H](C)OC(C)(C)C)[C@@H](C)OC(C)(C)C. The summed E-state index contributed by atoms with van der Waals surface area (Å²) in [5.41, 5.74) is -7.40. The van der Waals surface area contributed by atoms with Crippen LogP contribution in [0.15, 0.2) is 0 Å². The topological polar surface area (TPSA) is 578 Å². The van der Waals surface area contributed by atoms with Gasteiger partial charge in [0.2, 0.25) is 53.2 Å². The maximum atomic E-state index is 15.9. The van der Waals surface area contributed by atoms with Crippen molar-refractivity contribution in [1.29, 1.82) is 0 Å². The molecule has 0 aromatic carbocycles. The molecule has 0 unspecified atom stereocenters. The highest BCUT2D eigenvalue weighted by Gasteiger charge is 2.58. The number of esters is 6. The second-order valence-corrected chi connectivity index (χ2v) is 38.5. The van der Waals surface area contributed by atoms with Gasteiger partial charge in [0.05, 0.1) is 77.2 Å². The van der Waals surface area contributed by atoms with Crippen LogP contribution in [0.1, 0.15) is 242 Å². The fourth-order valence-corrected chi connectivity index (χ4v) is 13.3. The third-order valence-corrected chi connectivity index (χ3v) is 17.8. The summed E-state index contributed by atoms with van der Waals surface area (Å²) < 4.78 is 95.0. The van der Waals surface area contributed by atoms with Gasteiger partial charge in [-0.05, 0) is 187 Å². The predicted octanol–water partition coefficient (Wildman–Crippen LogP) is 1.91. The summed E-state index contributed by atoms with van der Waals surface area (Å²) >= 11 is 0. The molecule has 0 radical (unpaired) electrons. The Bertz CT molecular complexity index is 3870. The number of ether oxygens (including phenoxy) is 16. The van der Waals surface area contributed by atoms with Gasteiger partial charge in [0.1, 0.15) is 85.5 Å². The zero-order valence-corrected chi connectivity index (χ0v) is 81.0. The van der Waals surface area contributed by atoms with Crippen LogP contribution in [0.3, 0.4) is 0 Å². The quantitative estimate of drug-likeness (QED) is 0.0307. The minimum Gasteiger partial charge on any atom is -0.480 e. The third-order valence-electron chi connectivity index (χ3n) is 17.8. The van der Waals surface area contributed by atoms with E-state index in [1.165, 1.54) is 41.5 Å². The lowest BCUT2D eigenvalue weighted by atomic mass is 9.93. The number of carboxylic acids is 1. The van der Waals surface area contributed by atoms with E-state index in [2.05, 4.69) is 53.2 Å². The van der Waals surface area contributed by atoms with Crippen molar-refractivity contribution < 1.29 is 162 Å². The first-order valence-corrected chi connectivity index (χ1v) is 42.4. The first kappa shape index (κ1) is 115. The highest BCUT2D eigenvalue weighted by Crippen LogP contribution is 2.35. The van der Waals surface area contributed by atoms with Crippen molar-refractivity contribution in [2.75, 3.05) is 19.8 Å². The normalized spacial score (nSPS) is 22.3. The number of amides is 10. The van der Waals surface area contributed by atoms with Crippen LogP contribution < -0.4 is 53.2 Å². The van der Waals surface area contributed by atoms with Crippen molar-refractivity contribution in [1.82, 2.24) is 53.2 Å². The van der Waals surface area contributed by atoms with Crippen LogP contribution in [-0.4, -0.2) is 305 Å². The molecule has 2 aliphatic heterocycles. The lowest BCUT2D eigenvalue weighted by Crippen LogP contribution is -2.71. The van der Waals surface area contributed by atoms with Gasteiger partial charge in [0.15, 0.2) is 43.0 Å². The summed E-state index contributed by atoms with van der Waals surface area (Å²) in [4.78, 5) is 239. The lowest BCUT2D eigenvalue weighted by Gasteiger charge is -2.49. The number of carboxylic acid groups (broad SMARTS) is 1. The lowest BCUT2D eigenvalue weighted by molar-refractivity contribution is -0.336. The van der Waals surface area contributed by atoms with Gasteiger partial charge in [0, 0.05) is 48.5 Å². The van der Waals surface area contributed by atoms with Gasteiger partial charge in [0.25, 0.3) is 0 Å². The van der Waals surface area contributed by atoms with Crippen molar-refractivity contribution >= 4 is 101 Å². The van der Waals surface area contributed by atoms with E-state index in [0.29, 0.717) is 0 Å².